The Labute approximate surface area is 107 Å². The fourth-order valence-corrected chi connectivity index (χ4v) is 1.64. The minimum absolute atomic E-state index is 0.138. The summed E-state index contributed by atoms with van der Waals surface area (Å²) in [5.74, 6) is 0.704. The molecule has 6 nitrogen and oxygen atoms in total. The van der Waals surface area contributed by atoms with Crippen LogP contribution in [0, 0.1) is 0 Å². The average Bonchev–Trinajstić information content (AvgIpc) is 2.22. The van der Waals surface area contributed by atoms with E-state index < -0.39 is 0 Å². The first-order valence-electron chi connectivity index (χ1n) is 5.59. The quantitative estimate of drug-likeness (QED) is 0.817. The van der Waals surface area contributed by atoms with Crippen molar-refractivity contribution in [2.45, 2.75) is 13.3 Å². The number of rotatable bonds is 6. The summed E-state index contributed by atoms with van der Waals surface area (Å²) in [5, 5.41) is 0.138. The summed E-state index contributed by atoms with van der Waals surface area (Å²) in [5.41, 5.74) is 5.55. The summed E-state index contributed by atoms with van der Waals surface area (Å²) in [7, 11) is 4.10. The van der Waals surface area contributed by atoms with Gasteiger partial charge in [0.05, 0.1) is 0 Å². The highest BCUT2D eigenvalue weighted by Gasteiger charge is 2.10. The van der Waals surface area contributed by atoms with Gasteiger partial charge in [0.25, 0.3) is 0 Å². The predicted molar refractivity (Wildman–Crippen MR) is 70.3 cm³/mol. The maximum Gasteiger partial charge on any atom is 0.231 e. The van der Waals surface area contributed by atoms with Gasteiger partial charge in [-0.1, -0.05) is 0 Å². The molecule has 1 heterocycles. The predicted octanol–water partition coefficient (Wildman–Crippen LogP) is 0.885. The number of nitrogens with two attached hydrogens (primary N) is 1. The maximum atomic E-state index is 5.76. The molecule has 17 heavy (non-hydrogen) atoms. The molecule has 0 fully saturated rings. The van der Waals surface area contributed by atoms with Gasteiger partial charge in [0.1, 0.15) is 0 Å². The molecular formula is C10H19ClN6. The van der Waals surface area contributed by atoms with Crippen molar-refractivity contribution in [3.8, 4) is 0 Å². The van der Waals surface area contributed by atoms with E-state index in [1.165, 1.54) is 0 Å². The van der Waals surface area contributed by atoms with Gasteiger partial charge in [-0.05, 0) is 45.6 Å². The molecule has 2 N–H and O–H groups in total. The molecule has 0 atom stereocenters. The molecule has 0 spiro atoms. The van der Waals surface area contributed by atoms with Crippen LogP contribution in [0.25, 0.3) is 0 Å². The van der Waals surface area contributed by atoms with Gasteiger partial charge in [0.2, 0.25) is 17.2 Å². The lowest BCUT2D eigenvalue weighted by Crippen LogP contribution is -2.29. The Morgan fingerprint density at radius 2 is 1.88 bits per heavy atom. The molecule has 0 bridgehead atoms. The molecule has 0 aromatic carbocycles. The third-order valence-electron chi connectivity index (χ3n) is 2.31. The van der Waals surface area contributed by atoms with E-state index in [0.717, 1.165) is 26.1 Å². The van der Waals surface area contributed by atoms with Gasteiger partial charge in [-0.25, -0.2) is 0 Å². The highest BCUT2D eigenvalue weighted by atomic mass is 35.5. The number of nitrogens with zero attached hydrogens (tertiary/aromatic N) is 5. The second-order valence-electron chi connectivity index (χ2n) is 4.00. The van der Waals surface area contributed by atoms with Crippen molar-refractivity contribution in [2.75, 3.05) is 44.4 Å². The standard InChI is InChI=1S/C10H19ClN6/c1-4-17(7-5-6-16(2)3)10-14-8(11)13-9(12)15-10/h4-7H2,1-3H3,(H2,12,13,14,15). The van der Waals surface area contributed by atoms with Crippen LogP contribution >= 0.6 is 11.6 Å². The van der Waals surface area contributed by atoms with Gasteiger partial charge in [0, 0.05) is 13.1 Å². The molecular weight excluding hydrogens is 240 g/mol. The number of halogens is 1. The SMILES string of the molecule is CCN(CCCN(C)C)c1nc(N)nc(Cl)n1. The zero-order chi connectivity index (χ0) is 12.8. The van der Waals surface area contributed by atoms with Gasteiger partial charge < -0.3 is 15.5 Å². The largest absolute Gasteiger partial charge is 0.368 e. The number of anilines is 2. The number of nitrogen functional groups attached to an aromatic ring is 1. The topological polar surface area (TPSA) is 71.2 Å². The molecule has 0 amide bonds. The summed E-state index contributed by atoms with van der Waals surface area (Å²) in [6.45, 7) is 4.75. The molecule has 1 rings (SSSR count). The lowest BCUT2D eigenvalue weighted by Gasteiger charge is -2.21. The monoisotopic (exact) mass is 258 g/mol. The molecule has 0 aliphatic heterocycles. The van der Waals surface area contributed by atoms with E-state index in [1.807, 2.05) is 25.9 Å². The molecule has 0 aliphatic carbocycles. The van der Waals surface area contributed by atoms with Gasteiger partial charge in [-0.3, -0.25) is 0 Å². The highest BCUT2D eigenvalue weighted by molar-refractivity contribution is 6.28. The minimum atomic E-state index is 0.138. The molecule has 1 aromatic heterocycles. The summed E-state index contributed by atoms with van der Waals surface area (Å²) in [4.78, 5) is 16.1. The van der Waals surface area contributed by atoms with E-state index in [1.54, 1.807) is 0 Å². The van der Waals surface area contributed by atoms with Crippen molar-refractivity contribution in [1.29, 1.82) is 0 Å². The summed E-state index contributed by atoms with van der Waals surface area (Å²) < 4.78 is 0. The Balaban J connectivity index is 2.65. The van der Waals surface area contributed by atoms with Gasteiger partial charge in [0.15, 0.2) is 0 Å². The summed E-state index contributed by atoms with van der Waals surface area (Å²) in [6, 6.07) is 0. The Bertz CT molecular complexity index is 336. The first-order chi connectivity index (χ1) is 8.02. The molecule has 1 aromatic rings. The molecule has 0 saturated heterocycles. The smallest absolute Gasteiger partial charge is 0.231 e. The lowest BCUT2D eigenvalue weighted by atomic mass is 10.3. The fraction of sp³-hybridized carbons (Fsp3) is 0.700. The molecule has 7 heteroatoms. The van der Waals surface area contributed by atoms with Crippen LogP contribution in [0.4, 0.5) is 11.9 Å². The first kappa shape index (κ1) is 13.9. The Morgan fingerprint density at radius 1 is 1.18 bits per heavy atom. The van der Waals surface area contributed by atoms with Crippen molar-refractivity contribution in [1.82, 2.24) is 19.9 Å². The average molecular weight is 259 g/mol. The zero-order valence-electron chi connectivity index (χ0n) is 10.5. The number of hydrogen-bond acceptors (Lipinski definition) is 6. The Morgan fingerprint density at radius 3 is 2.41 bits per heavy atom. The van der Waals surface area contributed by atoms with E-state index in [4.69, 9.17) is 17.3 Å². The van der Waals surface area contributed by atoms with E-state index in [-0.39, 0.29) is 11.2 Å². The van der Waals surface area contributed by atoms with Crippen LogP contribution in [-0.2, 0) is 0 Å². The molecule has 96 valence electrons. The summed E-state index contributed by atoms with van der Waals surface area (Å²) in [6.07, 6.45) is 1.03. The van der Waals surface area contributed by atoms with Crippen LogP contribution in [0.5, 0.6) is 0 Å². The van der Waals surface area contributed by atoms with E-state index in [2.05, 4.69) is 19.9 Å². The summed E-state index contributed by atoms with van der Waals surface area (Å²) >= 11 is 5.76. The molecule has 0 radical (unpaired) electrons. The fourth-order valence-electron chi connectivity index (χ4n) is 1.47. The van der Waals surface area contributed by atoms with Crippen LogP contribution < -0.4 is 10.6 Å². The van der Waals surface area contributed by atoms with E-state index in [9.17, 15) is 0 Å². The molecule has 0 saturated carbocycles. The van der Waals surface area contributed by atoms with Crippen LogP contribution in [0.15, 0.2) is 0 Å². The Kier molecular flexibility index (Phi) is 5.37. The van der Waals surface area contributed by atoms with Gasteiger partial charge >= 0.3 is 0 Å². The third-order valence-corrected chi connectivity index (χ3v) is 2.48. The lowest BCUT2D eigenvalue weighted by molar-refractivity contribution is 0.400. The van der Waals surface area contributed by atoms with E-state index >= 15 is 0 Å². The molecule has 0 aliphatic rings. The zero-order valence-corrected chi connectivity index (χ0v) is 11.3. The van der Waals surface area contributed by atoms with Gasteiger partial charge in [-0.15, -0.1) is 0 Å². The van der Waals surface area contributed by atoms with Crippen LogP contribution in [-0.4, -0.2) is 53.6 Å². The van der Waals surface area contributed by atoms with Crippen molar-refractivity contribution in [2.24, 2.45) is 0 Å². The Hall–Kier alpha value is -1.14. The highest BCUT2D eigenvalue weighted by Crippen LogP contribution is 2.12. The third kappa shape index (κ3) is 4.70. The van der Waals surface area contributed by atoms with Crippen LogP contribution in [0.1, 0.15) is 13.3 Å². The molecule has 0 unspecified atom stereocenters. The van der Waals surface area contributed by atoms with Gasteiger partial charge in [-0.2, -0.15) is 15.0 Å². The minimum Gasteiger partial charge on any atom is -0.368 e. The van der Waals surface area contributed by atoms with Crippen LogP contribution in [0.2, 0.25) is 5.28 Å². The van der Waals surface area contributed by atoms with Crippen molar-refractivity contribution in [3.63, 3.8) is 0 Å². The number of hydrogen-bond donors (Lipinski definition) is 1. The second-order valence-corrected chi connectivity index (χ2v) is 4.34. The van der Waals surface area contributed by atoms with Crippen LogP contribution in [0.3, 0.4) is 0 Å². The number of aromatic nitrogens is 3. The first-order valence-corrected chi connectivity index (χ1v) is 5.97. The van der Waals surface area contributed by atoms with Crippen molar-refractivity contribution >= 4 is 23.5 Å². The van der Waals surface area contributed by atoms with Crippen molar-refractivity contribution in [3.05, 3.63) is 5.28 Å². The van der Waals surface area contributed by atoms with E-state index in [0.29, 0.717) is 5.95 Å². The van der Waals surface area contributed by atoms with Crippen molar-refractivity contribution < 1.29 is 0 Å². The second kappa shape index (κ2) is 6.56. The normalized spacial score (nSPS) is 10.9. The maximum absolute atomic E-state index is 5.76.